The van der Waals surface area contributed by atoms with Crippen LogP contribution in [-0.2, 0) is 14.8 Å². The fourth-order valence-corrected chi connectivity index (χ4v) is 4.78. The Balaban J connectivity index is 1.82. The van der Waals surface area contributed by atoms with Crippen molar-refractivity contribution >= 4 is 56.6 Å². The zero-order valence-corrected chi connectivity index (χ0v) is 18.2. The zero-order chi connectivity index (χ0) is 21.3. The van der Waals surface area contributed by atoms with Gasteiger partial charge in [-0.05, 0) is 56.2 Å². The average Bonchev–Trinajstić information content (AvgIpc) is 3.44. The van der Waals surface area contributed by atoms with Gasteiger partial charge in [-0.3, -0.25) is 4.79 Å². The molecule has 3 rings (SSSR count). The molecule has 29 heavy (non-hydrogen) atoms. The maximum absolute atomic E-state index is 12.6. The van der Waals surface area contributed by atoms with E-state index in [1.807, 2.05) is 0 Å². The molecule has 0 aliphatic heterocycles. The summed E-state index contributed by atoms with van der Waals surface area (Å²) in [6, 6.07) is 8.19. The molecule has 0 bridgehead atoms. The molecule has 0 spiro atoms. The van der Waals surface area contributed by atoms with E-state index >= 15 is 0 Å². The molecule has 2 aromatic carbocycles. The lowest BCUT2D eigenvalue weighted by Gasteiger charge is -2.15. The molecule has 1 unspecified atom stereocenters. The number of rotatable bonds is 7. The predicted octanol–water partition coefficient (Wildman–Crippen LogP) is 4.52. The van der Waals surface area contributed by atoms with Crippen molar-refractivity contribution in [3.05, 3.63) is 62.6 Å². The molecule has 1 aliphatic rings. The maximum Gasteiger partial charge on any atom is 0.340 e. The first-order valence-corrected chi connectivity index (χ1v) is 11.2. The van der Waals surface area contributed by atoms with Crippen LogP contribution in [0, 0.1) is 0 Å². The molecule has 1 N–H and O–H groups in total. The van der Waals surface area contributed by atoms with E-state index in [0.717, 1.165) is 25.0 Å². The third-order valence-electron chi connectivity index (χ3n) is 4.21. The first-order valence-electron chi connectivity index (χ1n) is 8.60. The molecule has 1 atom stereocenters. The highest BCUT2D eigenvalue weighted by Gasteiger charge is 2.31. The Hall–Kier alpha value is -1.64. The molecule has 1 fully saturated rings. The first kappa shape index (κ1) is 22.1. The minimum Gasteiger partial charge on any atom is -0.451 e. The van der Waals surface area contributed by atoms with Crippen LogP contribution >= 0.6 is 34.8 Å². The van der Waals surface area contributed by atoms with Gasteiger partial charge in [0.15, 0.2) is 6.10 Å². The summed E-state index contributed by atoms with van der Waals surface area (Å²) in [6.07, 6.45) is 0.355. The Labute approximate surface area is 183 Å². The largest absolute Gasteiger partial charge is 0.451 e. The number of hydrogen-bond acceptors (Lipinski definition) is 5. The van der Waals surface area contributed by atoms with Crippen LogP contribution in [0.2, 0.25) is 15.1 Å². The van der Waals surface area contributed by atoms with Crippen LogP contribution in [-0.4, -0.2) is 32.3 Å². The van der Waals surface area contributed by atoms with Crippen LogP contribution in [0.4, 0.5) is 0 Å². The van der Waals surface area contributed by atoms with E-state index in [9.17, 15) is 18.0 Å². The van der Waals surface area contributed by atoms with Crippen molar-refractivity contribution < 1.29 is 22.7 Å². The summed E-state index contributed by atoms with van der Waals surface area (Å²) in [4.78, 5) is 24.7. The summed E-state index contributed by atoms with van der Waals surface area (Å²) < 4.78 is 32.6. The molecule has 0 heterocycles. The Morgan fingerprint density at radius 2 is 1.69 bits per heavy atom. The van der Waals surface area contributed by atoms with Crippen molar-refractivity contribution in [2.24, 2.45) is 0 Å². The molecule has 154 valence electrons. The fourth-order valence-electron chi connectivity index (χ4n) is 2.50. The van der Waals surface area contributed by atoms with Crippen molar-refractivity contribution in [1.29, 1.82) is 0 Å². The molecular formula is C19H16Cl3NO5S. The summed E-state index contributed by atoms with van der Waals surface area (Å²) in [5.41, 5.74) is 0.108. The van der Waals surface area contributed by atoms with Crippen LogP contribution in [0.3, 0.4) is 0 Å². The molecule has 0 radical (unpaired) electrons. The molecule has 10 heteroatoms. The fraction of sp³-hybridized carbons (Fsp3) is 0.263. The average molecular weight is 477 g/mol. The van der Waals surface area contributed by atoms with Gasteiger partial charge >= 0.3 is 5.97 Å². The van der Waals surface area contributed by atoms with E-state index in [2.05, 4.69) is 4.72 Å². The number of nitrogens with one attached hydrogen (secondary N) is 1. The monoisotopic (exact) mass is 475 g/mol. The standard InChI is InChI=1S/C19H16Cl3NO5S/c1-10(18(24)11-2-4-12(20)5-3-11)28-19(25)14-8-17(16(22)9-15(14)21)29(26,27)23-13-6-7-13/h2-5,8-10,13,23H,6-7H2,1H3. The van der Waals surface area contributed by atoms with Gasteiger partial charge in [0.25, 0.3) is 0 Å². The lowest BCUT2D eigenvalue weighted by Crippen LogP contribution is -2.27. The highest BCUT2D eigenvalue weighted by Crippen LogP contribution is 2.31. The number of carbonyl (C=O) groups excluding carboxylic acids is 2. The quantitative estimate of drug-likeness (QED) is 0.469. The molecule has 0 aromatic heterocycles. The van der Waals surface area contributed by atoms with Gasteiger partial charge in [-0.15, -0.1) is 0 Å². The van der Waals surface area contributed by atoms with E-state index in [1.165, 1.54) is 19.1 Å². The van der Waals surface area contributed by atoms with Gasteiger partial charge in [0.05, 0.1) is 15.6 Å². The zero-order valence-electron chi connectivity index (χ0n) is 15.1. The molecule has 1 saturated carbocycles. The number of halogens is 3. The van der Waals surface area contributed by atoms with Gasteiger partial charge in [-0.2, -0.15) is 0 Å². The number of sulfonamides is 1. The van der Waals surface area contributed by atoms with Crippen molar-refractivity contribution in [3.8, 4) is 0 Å². The van der Waals surface area contributed by atoms with Gasteiger partial charge in [0, 0.05) is 16.6 Å². The van der Waals surface area contributed by atoms with Crippen molar-refractivity contribution in [2.45, 2.75) is 36.8 Å². The van der Waals surface area contributed by atoms with E-state index < -0.39 is 27.9 Å². The topological polar surface area (TPSA) is 89.5 Å². The van der Waals surface area contributed by atoms with E-state index in [0.29, 0.717) is 10.6 Å². The molecule has 2 aromatic rings. The Kier molecular flexibility index (Phi) is 6.55. The number of ketones is 1. The highest BCUT2D eigenvalue weighted by molar-refractivity contribution is 7.89. The smallest absolute Gasteiger partial charge is 0.340 e. The summed E-state index contributed by atoms with van der Waals surface area (Å²) in [6.45, 7) is 1.41. The maximum atomic E-state index is 12.6. The van der Waals surface area contributed by atoms with E-state index in [4.69, 9.17) is 39.5 Å². The van der Waals surface area contributed by atoms with Gasteiger partial charge < -0.3 is 4.74 Å². The Morgan fingerprint density at radius 1 is 1.07 bits per heavy atom. The number of benzene rings is 2. The van der Waals surface area contributed by atoms with E-state index in [-0.39, 0.29) is 26.5 Å². The van der Waals surface area contributed by atoms with E-state index in [1.54, 1.807) is 12.1 Å². The minimum atomic E-state index is -3.92. The predicted molar refractivity (Wildman–Crippen MR) is 110 cm³/mol. The summed E-state index contributed by atoms with van der Waals surface area (Å²) in [5, 5.41) is 0.259. The molecular weight excluding hydrogens is 461 g/mol. The van der Waals surface area contributed by atoms with Crippen LogP contribution < -0.4 is 4.72 Å². The molecule has 1 aliphatic carbocycles. The van der Waals surface area contributed by atoms with Gasteiger partial charge in [0.2, 0.25) is 15.8 Å². The Morgan fingerprint density at radius 3 is 2.28 bits per heavy atom. The van der Waals surface area contributed by atoms with Crippen LogP contribution in [0.15, 0.2) is 41.3 Å². The number of Topliss-reactive ketones (excluding diaryl/α,β-unsaturated/α-hetero) is 1. The molecule has 6 nitrogen and oxygen atoms in total. The SMILES string of the molecule is CC(OC(=O)c1cc(S(=O)(=O)NC2CC2)c(Cl)cc1Cl)C(=O)c1ccc(Cl)cc1. The molecule has 0 saturated heterocycles. The van der Waals surface area contributed by atoms with Crippen LogP contribution in [0.1, 0.15) is 40.5 Å². The summed E-state index contributed by atoms with van der Waals surface area (Å²) in [7, 11) is -3.92. The number of hydrogen-bond donors (Lipinski definition) is 1. The van der Waals surface area contributed by atoms with Gasteiger partial charge in [-0.1, -0.05) is 34.8 Å². The second-order valence-corrected chi connectivity index (χ2v) is 9.51. The number of ether oxygens (including phenoxy) is 1. The van der Waals surface area contributed by atoms with Crippen LogP contribution in [0.5, 0.6) is 0 Å². The van der Waals surface area contributed by atoms with Gasteiger partial charge in [-0.25, -0.2) is 17.9 Å². The third kappa shape index (κ3) is 5.29. The second-order valence-electron chi connectivity index (χ2n) is 6.58. The number of esters is 1. The van der Waals surface area contributed by atoms with Crippen molar-refractivity contribution in [3.63, 3.8) is 0 Å². The number of carbonyl (C=O) groups is 2. The normalized spacial score (nSPS) is 15.0. The summed E-state index contributed by atoms with van der Waals surface area (Å²) >= 11 is 17.9. The molecule has 0 amide bonds. The van der Waals surface area contributed by atoms with Crippen molar-refractivity contribution in [1.82, 2.24) is 4.72 Å². The Bertz CT molecular complexity index is 1070. The third-order valence-corrected chi connectivity index (χ3v) is 6.76. The van der Waals surface area contributed by atoms with Gasteiger partial charge in [0.1, 0.15) is 4.90 Å². The van der Waals surface area contributed by atoms with Crippen molar-refractivity contribution in [2.75, 3.05) is 0 Å². The summed E-state index contributed by atoms with van der Waals surface area (Å²) in [5.74, 6) is -1.38. The highest BCUT2D eigenvalue weighted by atomic mass is 35.5. The second kappa shape index (κ2) is 8.62. The minimum absolute atomic E-state index is 0.0866. The lowest BCUT2D eigenvalue weighted by atomic mass is 10.1. The lowest BCUT2D eigenvalue weighted by molar-refractivity contribution is 0.0318. The first-order chi connectivity index (χ1) is 13.6. The van der Waals surface area contributed by atoms with Crippen LogP contribution in [0.25, 0.3) is 0 Å².